The summed E-state index contributed by atoms with van der Waals surface area (Å²) in [5.41, 5.74) is 5.62. The van der Waals surface area contributed by atoms with E-state index in [9.17, 15) is 0 Å². The smallest absolute Gasteiger partial charge is 0.159 e. The second-order valence-corrected chi connectivity index (χ2v) is 5.43. The van der Waals surface area contributed by atoms with E-state index in [4.69, 9.17) is 10.5 Å². The van der Waals surface area contributed by atoms with Crippen molar-refractivity contribution >= 4 is 28.9 Å². The lowest BCUT2D eigenvalue weighted by molar-refractivity contribution is 0.220. The van der Waals surface area contributed by atoms with Gasteiger partial charge in [-0.2, -0.15) is 0 Å². The van der Waals surface area contributed by atoms with Crippen LogP contribution >= 0.6 is 23.1 Å². The number of nitrogens with two attached hydrogens (primary N) is 1. The second-order valence-electron chi connectivity index (χ2n) is 3.47. The molecular weight excluding hydrogens is 240 g/mol. The highest BCUT2D eigenvalue weighted by atomic mass is 32.2. The minimum atomic E-state index is 0.0298. The first-order chi connectivity index (χ1) is 7.83. The highest BCUT2D eigenvalue weighted by Crippen LogP contribution is 2.40. The van der Waals surface area contributed by atoms with Gasteiger partial charge in [-0.05, 0) is 12.1 Å². The summed E-state index contributed by atoms with van der Waals surface area (Å²) in [6.45, 7) is 0. The van der Waals surface area contributed by atoms with Gasteiger partial charge in [0.05, 0.1) is 0 Å². The van der Waals surface area contributed by atoms with Gasteiger partial charge in [0.1, 0.15) is 16.6 Å². The van der Waals surface area contributed by atoms with Crippen LogP contribution in [0.25, 0.3) is 0 Å². The molecule has 1 atom stereocenters. The Morgan fingerprint density at radius 1 is 1.38 bits per heavy atom. The molecule has 0 amide bonds. The number of para-hydroxylation sites is 1. The van der Waals surface area contributed by atoms with Gasteiger partial charge in [0.2, 0.25) is 0 Å². The van der Waals surface area contributed by atoms with Gasteiger partial charge in [-0.25, -0.2) is 4.98 Å². The molecule has 16 heavy (non-hydrogen) atoms. The van der Waals surface area contributed by atoms with Crippen LogP contribution in [-0.2, 0) is 0 Å². The molecule has 1 aliphatic rings. The lowest BCUT2D eigenvalue weighted by Crippen LogP contribution is -2.14. The third-order valence-electron chi connectivity index (χ3n) is 2.32. The van der Waals surface area contributed by atoms with Gasteiger partial charge in [0.15, 0.2) is 6.10 Å². The Balaban J connectivity index is 1.88. The van der Waals surface area contributed by atoms with Crippen LogP contribution in [-0.4, -0.2) is 10.7 Å². The molecule has 0 fully saturated rings. The number of thiazole rings is 1. The number of nitrogen functional groups attached to an aromatic ring is 1. The van der Waals surface area contributed by atoms with E-state index >= 15 is 0 Å². The average Bonchev–Trinajstić information content (AvgIpc) is 2.75. The molecule has 3 nitrogen and oxygen atoms in total. The number of fused-ring (bicyclic) bond motifs is 1. The number of ether oxygens (including phenoxy) is 1. The van der Waals surface area contributed by atoms with Crippen molar-refractivity contribution < 1.29 is 4.74 Å². The van der Waals surface area contributed by atoms with E-state index in [-0.39, 0.29) is 6.10 Å². The molecule has 1 aliphatic heterocycles. The molecule has 2 heterocycles. The summed E-state index contributed by atoms with van der Waals surface area (Å²) in [6.07, 6.45) is 0.0298. The number of anilines is 1. The van der Waals surface area contributed by atoms with Crippen LogP contribution in [0.4, 0.5) is 5.82 Å². The monoisotopic (exact) mass is 250 g/mol. The van der Waals surface area contributed by atoms with E-state index in [1.54, 1.807) is 23.1 Å². The van der Waals surface area contributed by atoms with Crippen LogP contribution < -0.4 is 10.5 Å². The van der Waals surface area contributed by atoms with Crippen LogP contribution in [0, 0.1) is 0 Å². The summed E-state index contributed by atoms with van der Waals surface area (Å²) in [5.74, 6) is 2.41. The largest absolute Gasteiger partial charge is 0.481 e. The third-order valence-corrected chi connectivity index (χ3v) is 4.40. The Hall–Kier alpha value is -1.20. The summed E-state index contributed by atoms with van der Waals surface area (Å²) in [5, 5.41) is 2.81. The lowest BCUT2D eigenvalue weighted by atomic mass is 10.3. The standard InChI is InChI=1S/C11H10N2OS2/c12-10-6-16-11(13-10)8-5-15-9-4-2-1-3-7(9)14-8/h1-4,6,8H,5,12H2. The molecule has 1 aromatic carbocycles. The van der Waals surface area contributed by atoms with Crippen molar-refractivity contribution in [3.05, 3.63) is 34.7 Å². The van der Waals surface area contributed by atoms with E-state index in [1.807, 2.05) is 23.6 Å². The predicted molar refractivity (Wildman–Crippen MR) is 67.1 cm³/mol. The van der Waals surface area contributed by atoms with Crippen LogP contribution in [0.15, 0.2) is 34.5 Å². The fourth-order valence-electron chi connectivity index (χ4n) is 1.59. The molecule has 5 heteroatoms. The normalized spacial score (nSPS) is 18.9. The van der Waals surface area contributed by atoms with Crippen molar-refractivity contribution in [3.8, 4) is 5.75 Å². The minimum Gasteiger partial charge on any atom is -0.481 e. The highest BCUT2D eigenvalue weighted by molar-refractivity contribution is 7.99. The predicted octanol–water partition coefficient (Wildman–Crippen LogP) is 2.95. The zero-order chi connectivity index (χ0) is 11.0. The Kier molecular flexibility index (Phi) is 2.49. The first-order valence-corrected chi connectivity index (χ1v) is 6.79. The first kappa shape index (κ1) is 9.99. The van der Waals surface area contributed by atoms with Gasteiger partial charge >= 0.3 is 0 Å². The maximum Gasteiger partial charge on any atom is 0.159 e. The quantitative estimate of drug-likeness (QED) is 0.845. The minimum absolute atomic E-state index is 0.0298. The molecule has 3 rings (SSSR count). The summed E-state index contributed by atoms with van der Waals surface area (Å²) in [4.78, 5) is 5.46. The van der Waals surface area contributed by atoms with Gasteiger partial charge in [-0.15, -0.1) is 23.1 Å². The van der Waals surface area contributed by atoms with Crippen LogP contribution in [0.3, 0.4) is 0 Å². The molecule has 0 saturated carbocycles. The Bertz CT molecular complexity index is 512. The summed E-state index contributed by atoms with van der Waals surface area (Å²) in [7, 11) is 0. The number of thioether (sulfide) groups is 1. The maximum absolute atomic E-state index is 5.90. The number of rotatable bonds is 1. The zero-order valence-corrected chi connectivity index (χ0v) is 10.1. The van der Waals surface area contributed by atoms with Crippen molar-refractivity contribution in [1.29, 1.82) is 0 Å². The fraction of sp³-hybridized carbons (Fsp3) is 0.182. The molecule has 0 aliphatic carbocycles. The zero-order valence-electron chi connectivity index (χ0n) is 8.42. The van der Waals surface area contributed by atoms with Crippen LogP contribution in [0.5, 0.6) is 5.75 Å². The van der Waals surface area contributed by atoms with Crippen molar-refractivity contribution in [3.63, 3.8) is 0 Å². The maximum atomic E-state index is 5.90. The molecule has 1 unspecified atom stereocenters. The number of aromatic nitrogens is 1. The SMILES string of the molecule is Nc1csc(C2CSc3ccccc3O2)n1. The molecule has 0 radical (unpaired) electrons. The molecule has 0 spiro atoms. The summed E-state index contributed by atoms with van der Waals surface area (Å²) < 4.78 is 5.90. The molecule has 2 N–H and O–H groups in total. The summed E-state index contributed by atoms with van der Waals surface area (Å²) in [6, 6.07) is 8.08. The van der Waals surface area contributed by atoms with Gasteiger partial charge in [-0.1, -0.05) is 12.1 Å². The fourth-order valence-corrected chi connectivity index (χ4v) is 3.42. The number of benzene rings is 1. The first-order valence-electron chi connectivity index (χ1n) is 4.92. The second kappa shape index (κ2) is 3.99. The molecule has 0 bridgehead atoms. The van der Waals surface area contributed by atoms with Crippen LogP contribution in [0.2, 0.25) is 0 Å². The Morgan fingerprint density at radius 2 is 2.25 bits per heavy atom. The van der Waals surface area contributed by atoms with Crippen molar-refractivity contribution in [2.75, 3.05) is 11.5 Å². The van der Waals surface area contributed by atoms with E-state index < -0.39 is 0 Å². The number of nitrogens with zero attached hydrogens (tertiary/aromatic N) is 1. The van der Waals surface area contributed by atoms with E-state index in [2.05, 4.69) is 11.1 Å². The third kappa shape index (κ3) is 1.76. The molecule has 1 aromatic heterocycles. The molecular formula is C11H10N2OS2. The Labute approximate surface area is 102 Å². The van der Waals surface area contributed by atoms with E-state index in [0.29, 0.717) is 5.82 Å². The summed E-state index contributed by atoms with van der Waals surface area (Å²) >= 11 is 3.36. The topological polar surface area (TPSA) is 48.1 Å². The van der Waals surface area contributed by atoms with Crippen molar-refractivity contribution in [2.45, 2.75) is 11.0 Å². The van der Waals surface area contributed by atoms with Crippen molar-refractivity contribution in [1.82, 2.24) is 4.98 Å². The van der Waals surface area contributed by atoms with Gasteiger partial charge < -0.3 is 10.5 Å². The lowest BCUT2D eigenvalue weighted by Gasteiger charge is -2.23. The number of hydrogen-bond donors (Lipinski definition) is 1. The molecule has 82 valence electrons. The van der Waals surface area contributed by atoms with Gasteiger partial charge in [0.25, 0.3) is 0 Å². The Morgan fingerprint density at radius 3 is 3.06 bits per heavy atom. The molecule has 0 saturated heterocycles. The van der Waals surface area contributed by atoms with Crippen LogP contribution in [0.1, 0.15) is 11.1 Å². The molecule has 2 aromatic rings. The van der Waals surface area contributed by atoms with Gasteiger partial charge in [-0.3, -0.25) is 0 Å². The highest BCUT2D eigenvalue weighted by Gasteiger charge is 2.23. The van der Waals surface area contributed by atoms with E-state index in [0.717, 1.165) is 16.5 Å². The van der Waals surface area contributed by atoms with Gasteiger partial charge in [0, 0.05) is 16.0 Å². The number of hydrogen-bond acceptors (Lipinski definition) is 5. The van der Waals surface area contributed by atoms with E-state index in [1.165, 1.54) is 4.90 Å². The van der Waals surface area contributed by atoms with Crippen molar-refractivity contribution in [2.24, 2.45) is 0 Å². The average molecular weight is 250 g/mol.